The van der Waals surface area contributed by atoms with Gasteiger partial charge in [0, 0.05) is 25.9 Å². The summed E-state index contributed by atoms with van der Waals surface area (Å²) >= 11 is 0. The predicted molar refractivity (Wildman–Crippen MR) is 73.1 cm³/mol. The second kappa shape index (κ2) is 5.50. The molecule has 3 rings (SSSR count). The predicted octanol–water partition coefficient (Wildman–Crippen LogP) is 1.40. The number of nitrogens with one attached hydrogen (secondary N) is 1. The van der Waals surface area contributed by atoms with E-state index in [0.717, 1.165) is 17.9 Å². The van der Waals surface area contributed by atoms with Crippen molar-refractivity contribution >= 4 is 5.91 Å². The van der Waals surface area contributed by atoms with Crippen LogP contribution >= 0.6 is 0 Å². The SMILES string of the molecule is CCOCc1ncn2c1CN(C(=O)c1ccc[nH]1)CC2. The molecule has 1 N–H and O–H groups in total. The van der Waals surface area contributed by atoms with Crippen LogP contribution in [0.25, 0.3) is 0 Å². The highest BCUT2D eigenvalue weighted by Gasteiger charge is 2.24. The number of hydrogen-bond donors (Lipinski definition) is 1. The summed E-state index contributed by atoms with van der Waals surface area (Å²) < 4.78 is 7.53. The number of carbonyl (C=O) groups is 1. The highest BCUT2D eigenvalue weighted by molar-refractivity contribution is 5.92. The first-order valence-corrected chi connectivity index (χ1v) is 6.83. The molecular formula is C14H18N4O2. The van der Waals surface area contributed by atoms with Gasteiger partial charge in [0.25, 0.3) is 5.91 Å². The zero-order chi connectivity index (χ0) is 13.9. The molecule has 0 spiro atoms. The van der Waals surface area contributed by atoms with Crippen LogP contribution in [0.3, 0.4) is 0 Å². The van der Waals surface area contributed by atoms with Crippen molar-refractivity contribution in [3.8, 4) is 0 Å². The summed E-state index contributed by atoms with van der Waals surface area (Å²) in [7, 11) is 0. The van der Waals surface area contributed by atoms with Crippen molar-refractivity contribution < 1.29 is 9.53 Å². The molecule has 0 saturated carbocycles. The molecule has 0 aromatic carbocycles. The molecule has 106 valence electrons. The number of rotatable bonds is 4. The van der Waals surface area contributed by atoms with Gasteiger partial charge in [-0.2, -0.15) is 0 Å². The molecule has 0 atom stereocenters. The fraction of sp³-hybridized carbons (Fsp3) is 0.429. The van der Waals surface area contributed by atoms with Gasteiger partial charge >= 0.3 is 0 Å². The topological polar surface area (TPSA) is 63.1 Å². The normalized spacial score (nSPS) is 14.3. The Hall–Kier alpha value is -2.08. The lowest BCUT2D eigenvalue weighted by Crippen LogP contribution is -2.38. The monoisotopic (exact) mass is 274 g/mol. The number of amides is 1. The smallest absolute Gasteiger partial charge is 0.270 e. The van der Waals surface area contributed by atoms with E-state index in [4.69, 9.17) is 4.74 Å². The van der Waals surface area contributed by atoms with Crippen LogP contribution in [-0.4, -0.2) is 38.5 Å². The fourth-order valence-electron chi connectivity index (χ4n) is 2.44. The molecule has 0 aliphatic carbocycles. The van der Waals surface area contributed by atoms with E-state index < -0.39 is 0 Å². The maximum Gasteiger partial charge on any atom is 0.270 e. The van der Waals surface area contributed by atoms with Gasteiger partial charge in [-0.1, -0.05) is 0 Å². The summed E-state index contributed by atoms with van der Waals surface area (Å²) in [4.78, 5) is 21.5. The van der Waals surface area contributed by atoms with Gasteiger partial charge in [0.05, 0.1) is 30.9 Å². The Morgan fingerprint density at radius 2 is 2.40 bits per heavy atom. The largest absolute Gasteiger partial charge is 0.375 e. The van der Waals surface area contributed by atoms with E-state index in [1.807, 2.05) is 24.2 Å². The molecule has 1 aliphatic rings. The summed E-state index contributed by atoms with van der Waals surface area (Å²) in [6.45, 7) is 5.20. The first-order valence-electron chi connectivity index (χ1n) is 6.83. The first kappa shape index (κ1) is 12.9. The van der Waals surface area contributed by atoms with E-state index >= 15 is 0 Å². The third-order valence-electron chi connectivity index (χ3n) is 3.54. The van der Waals surface area contributed by atoms with Crippen molar-refractivity contribution in [3.63, 3.8) is 0 Å². The van der Waals surface area contributed by atoms with Gasteiger partial charge in [0.2, 0.25) is 0 Å². The zero-order valence-electron chi connectivity index (χ0n) is 11.5. The van der Waals surface area contributed by atoms with Crippen LogP contribution in [0.2, 0.25) is 0 Å². The third-order valence-corrected chi connectivity index (χ3v) is 3.54. The van der Waals surface area contributed by atoms with Crippen molar-refractivity contribution in [2.75, 3.05) is 13.2 Å². The van der Waals surface area contributed by atoms with Gasteiger partial charge in [-0.15, -0.1) is 0 Å². The molecule has 2 aromatic heterocycles. The molecule has 1 aliphatic heterocycles. The number of ether oxygens (including phenoxy) is 1. The van der Waals surface area contributed by atoms with Crippen molar-refractivity contribution in [1.29, 1.82) is 0 Å². The summed E-state index contributed by atoms with van der Waals surface area (Å²) in [6, 6.07) is 3.64. The van der Waals surface area contributed by atoms with Crippen LogP contribution in [0.5, 0.6) is 0 Å². The number of aromatic amines is 1. The second-order valence-electron chi connectivity index (χ2n) is 4.78. The average Bonchev–Trinajstić information content (AvgIpc) is 3.13. The molecule has 20 heavy (non-hydrogen) atoms. The molecule has 1 amide bonds. The number of H-pyrrole nitrogens is 1. The van der Waals surface area contributed by atoms with Crippen LogP contribution < -0.4 is 0 Å². The van der Waals surface area contributed by atoms with E-state index in [-0.39, 0.29) is 5.91 Å². The Labute approximate surface area is 117 Å². The van der Waals surface area contributed by atoms with E-state index in [1.165, 1.54) is 0 Å². The lowest BCUT2D eigenvalue weighted by atomic mass is 10.2. The number of carbonyl (C=O) groups excluding carboxylic acids is 1. The standard InChI is InChI=1S/C14H18N4O2/c1-2-20-9-12-13-8-17(6-7-18(13)10-16-12)14(19)11-4-3-5-15-11/h3-5,10,15H,2,6-9H2,1H3. The number of aromatic nitrogens is 3. The van der Waals surface area contributed by atoms with Gasteiger partial charge < -0.3 is 19.2 Å². The summed E-state index contributed by atoms with van der Waals surface area (Å²) in [6.07, 6.45) is 3.60. The minimum atomic E-state index is 0.0322. The number of imidazole rings is 1. The van der Waals surface area contributed by atoms with Gasteiger partial charge in [0.15, 0.2) is 0 Å². The van der Waals surface area contributed by atoms with E-state index in [9.17, 15) is 4.79 Å². The molecule has 0 bridgehead atoms. The highest BCUT2D eigenvalue weighted by Crippen LogP contribution is 2.18. The molecule has 2 aromatic rings. The quantitative estimate of drug-likeness (QED) is 0.916. The Morgan fingerprint density at radius 3 is 3.15 bits per heavy atom. The minimum Gasteiger partial charge on any atom is -0.375 e. The van der Waals surface area contributed by atoms with Gasteiger partial charge in [-0.25, -0.2) is 4.98 Å². The maximum atomic E-state index is 12.4. The number of hydrogen-bond acceptors (Lipinski definition) is 3. The Bertz CT molecular complexity index is 588. The van der Waals surface area contributed by atoms with E-state index in [0.29, 0.717) is 32.0 Å². The van der Waals surface area contributed by atoms with Crippen molar-refractivity contribution in [2.24, 2.45) is 0 Å². The van der Waals surface area contributed by atoms with Gasteiger partial charge in [0.1, 0.15) is 5.69 Å². The van der Waals surface area contributed by atoms with Crippen molar-refractivity contribution in [3.05, 3.63) is 41.7 Å². The summed E-state index contributed by atoms with van der Waals surface area (Å²) in [5.74, 6) is 0.0322. The number of fused-ring (bicyclic) bond motifs is 1. The van der Waals surface area contributed by atoms with Crippen molar-refractivity contribution in [2.45, 2.75) is 26.6 Å². The molecular weight excluding hydrogens is 256 g/mol. The Kier molecular flexibility index (Phi) is 3.56. The molecule has 0 unspecified atom stereocenters. The molecule has 3 heterocycles. The molecule has 6 heteroatoms. The lowest BCUT2D eigenvalue weighted by Gasteiger charge is -2.28. The van der Waals surface area contributed by atoms with Crippen LogP contribution in [0.15, 0.2) is 24.7 Å². The first-order chi connectivity index (χ1) is 9.79. The number of nitrogens with zero attached hydrogens (tertiary/aromatic N) is 3. The van der Waals surface area contributed by atoms with Gasteiger partial charge in [-0.3, -0.25) is 4.79 Å². The van der Waals surface area contributed by atoms with Crippen LogP contribution in [0.1, 0.15) is 28.8 Å². The zero-order valence-corrected chi connectivity index (χ0v) is 11.5. The average molecular weight is 274 g/mol. The van der Waals surface area contributed by atoms with Crippen LogP contribution in [0.4, 0.5) is 0 Å². The highest BCUT2D eigenvalue weighted by atomic mass is 16.5. The Balaban J connectivity index is 1.77. The molecule has 0 radical (unpaired) electrons. The van der Waals surface area contributed by atoms with Crippen LogP contribution in [-0.2, 0) is 24.4 Å². The fourth-order valence-corrected chi connectivity index (χ4v) is 2.44. The Morgan fingerprint density at radius 1 is 1.50 bits per heavy atom. The molecule has 0 fully saturated rings. The third kappa shape index (κ3) is 2.34. The van der Waals surface area contributed by atoms with E-state index in [1.54, 1.807) is 12.3 Å². The second-order valence-corrected chi connectivity index (χ2v) is 4.78. The van der Waals surface area contributed by atoms with E-state index in [2.05, 4.69) is 14.5 Å². The van der Waals surface area contributed by atoms with Gasteiger partial charge in [-0.05, 0) is 19.1 Å². The summed E-state index contributed by atoms with van der Waals surface area (Å²) in [5.41, 5.74) is 2.63. The van der Waals surface area contributed by atoms with Crippen LogP contribution in [0, 0.1) is 0 Å². The summed E-state index contributed by atoms with van der Waals surface area (Å²) in [5, 5.41) is 0. The molecule has 6 nitrogen and oxygen atoms in total. The molecule has 0 saturated heterocycles. The lowest BCUT2D eigenvalue weighted by molar-refractivity contribution is 0.0701. The van der Waals surface area contributed by atoms with Crippen molar-refractivity contribution in [1.82, 2.24) is 19.4 Å². The minimum absolute atomic E-state index is 0.0322. The maximum absolute atomic E-state index is 12.4.